The number of nitrogens with zero attached hydrogens (tertiary/aromatic N) is 1. The fraction of sp³-hybridized carbons (Fsp3) is 0.500. The number of carbonyl (C=O) groups excluding carboxylic acids is 1. The van der Waals surface area contributed by atoms with E-state index in [1.165, 1.54) is 4.57 Å². The molecule has 0 aliphatic heterocycles. The summed E-state index contributed by atoms with van der Waals surface area (Å²) in [5.74, 6) is 0.0244. The molecule has 1 aromatic heterocycles. The molecule has 0 radical (unpaired) electrons. The predicted molar refractivity (Wildman–Crippen MR) is 75.0 cm³/mol. The zero-order valence-corrected chi connectivity index (χ0v) is 11.7. The molecule has 18 heavy (non-hydrogen) atoms. The highest BCUT2D eigenvalue weighted by Crippen LogP contribution is 2.05. The number of hydrogen-bond donors (Lipinski definition) is 2. The van der Waals surface area contributed by atoms with Crippen LogP contribution in [0.2, 0.25) is 0 Å². The molecular weight excluding hydrogens is 254 g/mol. The fourth-order valence-corrected chi connectivity index (χ4v) is 1.53. The van der Waals surface area contributed by atoms with Crippen LogP contribution in [0.4, 0.5) is 5.69 Å². The molecule has 0 spiro atoms. The van der Waals surface area contributed by atoms with Gasteiger partial charge in [0.15, 0.2) is 0 Å². The summed E-state index contributed by atoms with van der Waals surface area (Å²) < 4.78 is 1.41. The normalized spacial score (nSPS) is 11.8. The molecule has 0 saturated heterocycles. The summed E-state index contributed by atoms with van der Waals surface area (Å²) in [5.41, 5.74) is 5.76. The molecule has 0 saturated carbocycles. The molecule has 0 aromatic carbocycles. The molecule has 5 nitrogen and oxygen atoms in total. The number of carbonyl (C=O) groups is 1. The lowest BCUT2D eigenvalue weighted by molar-refractivity contribution is -0.117. The van der Waals surface area contributed by atoms with Crippen molar-refractivity contribution in [2.75, 3.05) is 5.32 Å². The Bertz CT molecular complexity index is 457. The molecule has 0 fully saturated rings. The number of amides is 1. The highest BCUT2D eigenvalue weighted by atomic mass is 35.5. The maximum atomic E-state index is 11.7. The standard InChI is InChI=1S/C12H19N3O2.ClH/c1-8(2)7-9(13)11(16)14-10-5-4-6-15(3)12(10)17;/h4-6,8-9H,7,13H2,1-3H3,(H,14,16);1H/t9-;/m0./s1. The van der Waals surface area contributed by atoms with Gasteiger partial charge in [0.1, 0.15) is 5.69 Å². The first-order valence-electron chi connectivity index (χ1n) is 5.64. The fourth-order valence-electron chi connectivity index (χ4n) is 1.53. The summed E-state index contributed by atoms with van der Waals surface area (Å²) in [6, 6.07) is 2.69. The third-order valence-electron chi connectivity index (χ3n) is 2.44. The number of nitrogens with two attached hydrogens (primary N) is 1. The molecule has 102 valence electrons. The lowest BCUT2D eigenvalue weighted by atomic mass is 10.0. The number of pyridine rings is 1. The minimum Gasteiger partial charge on any atom is -0.320 e. The van der Waals surface area contributed by atoms with E-state index < -0.39 is 6.04 Å². The van der Waals surface area contributed by atoms with Crippen LogP contribution in [0.15, 0.2) is 23.1 Å². The molecule has 1 heterocycles. The number of rotatable bonds is 4. The number of anilines is 1. The molecule has 0 bridgehead atoms. The van der Waals surface area contributed by atoms with Crippen LogP contribution in [0.25, 0.3) is 0 Å². The molecule has 0 unspecified atom stereocenters. The molecule has 1 aromatic rings. The quantitative estimate of drug-likeness (QED) is 0.863. The summed E-state index contributed by atoms with van der Waals surface area (Å²) in [7, 11) is 1.63. The van der Waals surface area contributed by atoms with Gasteiger partial charge in [-0.3, -0.25) is 9.59 Å². The van der Waals surface area contributed by atoms with Crippen LogP contribution in [0.5, 0.6) is 0 Å². The van der Waals surface area contributed by atoms with Crippen molar-refractivity contribution >= 4 is 24.0 Å². The zero-order chi connectivity index (χ0) is 13.0. The van der Waals surface area contributed by atoms with Gasteiger partial charge in [0, 0.05) is 13.2 Å². The number of aryl methyl sites for hydroxylation is 1. The Labute approximate surface area is 113 Å². The molecule has 6 heteroatoms. The second-order valence-corrected chi connectivity index (χ2v) is 4.56. The van der Waals surface area contributed by atoms with Crippen molar-refractivity contribution in [3.63, 3.8) is 0 Å². The Morgan fingerprint density at radius 3 is 2.67 bits per heavy atom. The SMILES string of the molecule is CC(C)C[C@H](N)C(=O)Nc1cccn(C)c1=O.Cl. The van der Waals surface area contributed by atoms with Gasteiger partial charge < -0.3 is 15.6 Å². The maximum Gasteiger partial charge on any atom is 0.274 e. The van der Waals surface area contributed by atoms with E-state index in [2.05, 4.69) is 5.32 Å². The van der Waals surface area contributed by atoms with Crippen LogP contribution in [0.1, 0.15) is 20.3 Å². The van der Waals surface area contributed by atoms with E-state index in [4.69, 9.17) is 5.73 Å². The van der Waals surface area contributed by atoms with Crippen molar-refractivity contribution < 1.29 is 4.79 Å². The van der Waals surface area contributed by atoms with Gasteiger partial charge in [0.05, 0.1) is 6.04 Å². The Morgan fingerprint density at radius 1 is 1.50 bits per heavy atom. The number of nitrogens with one attached hydrogen (secondary N) is 1. The Hall–Kier alpha value is -1.33. The van der Waals surface area contributed by atoms with E-state index in [1.807, 2.05) is 13.8 Å². The zero-order valence-electron chi connectivity index (χ0n) is 10.8. The first-order valence-corrected chi connectivity index (χ1v) is 5.64. The van der Waals surface area contributed by atoms with Crippen molar-refractivity contribution in [2.24, 2.45) is 18.7 Å². The second kappa shape index (κ2) is 7.18. The lowest BCUT2D eigenvalue weighted by Gasteiger charge is -2.14. The van der Waals surface area contributed by atoms with Gasteiger partial charge >= 0.3 is 0 Å². The number of aromatic nitrogens is 1. The van der Waals surface area contributed by atoms with E-state index in [9.17, 15) is 9.59 Å². The topological polar surface area (TPSA) is 77.1 Å². The molecular formula is C12H20ClN3O2. The van der Waals surface area contributed by atoms with Gasteiger partial charge in [-0.05, 0) is 24.5 Å². The van der Waals surface area contributed by atoms with Gasteiger partial charge in [0.2, 0.25) is 5.91 Å². The smallest absolute Gasteiger partial charge is 0.274 e. The summed E-state index contributed by atoms with van der Waals surface area (Å²) in [5, 5.41) is 2.56. The molecule has 1 amide bonds. The van der Waals surface area contributed by atoms with Crippen LogP contribution in [-0.4, -0.2) is 16.5 Å². The van der Waals surface area contributed by atoms with Gasteiger partial charge in [0.25, 0.3) is 5.56 Å². The van der Waals surface area contributed by atoms with E-state index in [1.54, 1.807) is 25.4 Å². The van der Waals surface area contributed by atoms with Crippen LogP contribution < -0.4 is 16.6 Å². The first kappa shape index (κ1) is 16.7. The molecule has 1 atom stereocenters. The third-order valence-corrected chi connectivity index (χ3v) is 2.44. The van der Waals surface area contributed by atoms with Crippen LogP contribution >= 0.6 is 12.4 Å². The van der Waals surface area contributed by atoms with Crippen molar-refractivity contribution in [2.45, 2.75) is 26.3 Å². The van der Waals surface area contributed by atoms with E-state index in [-0.39, 0.29) is 29.6 Å². The number of halogens is 1. The summed E-state index contributed by atoms with van der Waals surface area (Å²) in [6.45, 7) is 3.99. The highest BCUT2D eigenvalue weighted by Gasteiger charge is 2.16. The summed E-state index contributed by atoms with van der Waals surface area (Å²) >= 11 is 0. The summed E-state index contributed by atoms with van der Waals surface area (Å²) in [6.07, 6.45) is 2.23. The van der Waals surface area contributed by atoms with E-state index in [0.717, 1.165) is 0 Å². The predicted octanol–water partition coefficient (Wildman–Crippen LogP) is 1.12. The monoisotopic (exact) mass is 273 g/mol. The van der Waals surface area contributed by atoms with Gasteiger partial charge in [-0.15, -0.1) is 12.4 Å². The molecule has 3 N–H and O–H groups in total. The minimum absolute atomic E-state index is 0. The molecule has 1 rings (SSSR count). The number of hydrogen-bond acceptors (Lipinski definition) is 3. The molecule has 0 aliphatic carbocycles. The highest BCUT2D eigenvalue weighted by molar-refractivity contribution is 5.94. The van der Waals surface area contributed by atoms with Crippen LogP contribution in [0, 0.1) is 5.92 Å². The minimum atomic E-state index is -0.583. The Balaban J connectivity index is 0.00000289. The first-order chi connectivity index (χ1) is 7.91. The average Bonchev–Trinajstić information content (AvgIpc) is 2.23. The van der Waals surface area contributed by atoms with Crippen molar-refractivity contribution in [3.8, 4) is 0 Å². The molecule has 0 aliphatic rings. The maximum absolute atomic E-state index is 11.7. The van der Waals surface area contributed by atoms with Crippen molar-refractivity contribution in [1.82, 2.24) is 4.57 Å². The van der Waals surface area contributed by atoms with Crippen molar-refractivity contribution in [1.29, 1.82) is 0 Å². The Kier molecular flexibility index (Phi) is 6.65. The Morgan fingerprint density at radius 2 is 2.11 bits per heavy atom. The van der Waals surface area contributed by atoms with Crippen LogP contribution in [0.3, 0.4) is 0 Å². The van der Waals surface area contributed by atoms with Gasteiger partial charge in [-0.25, -0.2) is 0 Å². The summed E-state index contributed by atoms with van der Waals surface area (Å²) in [4.78, 5) is 23.4. The van der Waals surface area contributed by atoms with Crippen LogP contribution in [-0.2, 0) is 11.8 Å². The van der Waals surface area contributed by atoms with Gasteiger partial charge in [-0.2, -0.15) is 0 Å². The second-order valence-electron chi connectivity index (χ2n) is 4.56. The van der Waals surface area contributed by atoms with E-state index >= 15 is 0 Å². The largest absolute Gasteiger partial charge is 0.320 e. The third kappa shape index (κ3) is 4.50. The van der Waals surface area contributed by atoms with Gasteiger partial charge in [-0.1, -0.05) is 13.8 Å². The average molecular weight is 274 g/mol. The van der Waals surface area contributed by atoms with E-state index in [0.29, 0.717) is 12.3 Å². The van der Waals surface area contributed by atoms with Crippen molar-refractivity contribution in [3.05, 3.63) is 28.7 Å². The lowest BCUT2D eigenvalue weighted by Crippen LogP contribution is -2.38.